The number of primary amides is 1. The molecule has 3 amide bonds. The second kappa shape index (κ2) is 3.70. The summed E-state index contributed by atoms with van der Waals surface area (Å²) in [5, 5.41) is 6.11. The van der Waals surface area contributed by atoms with Crippen LogP contribution in [0.4, 0.5) is 4.79 Å². The molecule has 0 unspecified atom stereocenters. The number of hydrogen-bond donors (Lipinski definition) is 3. The zero-order valence-corrected chi connectivity index (χ0v) is 6.46. The van der Waals surface area contributed by atoms with E-state index in [1.165, 1.54) is 0 Å². The molecule has 0 atom stereocenters. The lowest BCUT2D eigenvalue weighted by molar-refractivity contribution is -0.120. The molecule has 0 radical (unpaired) electrons. The van der Waals surface area contributed by atoms with Crippen molar-refractivity contribution >= 4 is 17.8 Å². The van der Waals surface area contributed by atoms with Crippen LogP contribution < -0.4 is 16.5 Å². The highest BCUT2D eigenvalue weighted by atomic mass is 16.2. The molecule has 1 aliphatic heterocycles. The van der Waals surface area contributed by atoms with Crippen LogP contribution in [0.15, 0.2) is 5.10 Å². The predicted molar refractivity (Wildman–Crippen MR) is 42.1 cm³/mol. The van der Waals surface area contributed by atoms with Crippen LogP contribution in [0.5, 0.6) is 0 Å². The first-order valence-corrected chi connectivity index (χ1v) is 3.60. The predicted octanol–water partition coefficient (Wildman–Crippen LogP) is -0.732. The highest BCUT2D eigenvalue weighted by molar-refractivity contribution is 6.00. The molecule has 6 nitrogen and oxygen atoms in total. The summed E-state index contributed by atoms with van der Waals surface area (Å²) in [5.41, 5.74) is 6.82. The molecule has 1 rings (SSSR count). The van der Waals surface area contributed by atoms with Crippen molar-refractivity contribution in [3.05, 3.63) is 0 Å². The highest BCUT2D eigenvalue weighted by Gasteiger charge is 2.12. The van der Waals surface area contributed by atoms with Crippen LogP contribution in [-0.4, -0.2) is 17.8 Å². The van der Waals surface area contributed by atoms with Gasteiger partial charge >= 0.3 is 6.03 Å². The van der Waals surface area contributed by atoms with Crippen molar-refractivity contribution in [2.75, 3.05) is 0 Å². The van der Waals surface area contributed by atoms with Gasteiger partial charge in [0.25, 0.3) is 0 Å². The molecule has 1 aliphatic rings. The van der Waals surface area contributed by atoms with Gasteiger partial charge in [-0.15, -0.1) is 0 Å². The van der Waals surface area contributed by atoms with Crippen LogP contribution in [0.2, 0.25) is 0 Å². The molecule has 12 heavy (non-hydrogen) atoms. The lowest BCUT2D eigenvalue weighted by Crippen LogP contribution is -2.37. The fourth-order valence-electron chi connectivity index (χ4n) is 0.909. The number of piperidine rings is 1. The van der Waals surface area contributed by atoms with Crippen molar-refractivity contribution in [3.63, 3.8) is 0 Å². The fraction of sp³-hybridized carbons (Fsp3) is 0.500. The average molecular weight is 170 g/mol. The summed E-state index contributed by atoms with van der Waals surface area (Å²) in [7, 11) is 0. The Labute approximate surface area is 69.2 Å². The molecule has 0 aromatic carbocycles. The molecule has 0 aromatic rings. The van der Waals surface area contributed by atoms with Gasteiger partial charge in [-0.2, -0.15) is 5.10 Å². The minimum absolute atomic E-state index is 0.0775. The number of urea groups is 1. The second-order valence-electron chi connectivity index (χ2n) is 2.44. The molecule has 4 N–H and O–H groups in total. The molecule has 0 aliphatic carbocycles. The van der Waals surface area contributed by atoms with Crippen LogP contribution in [0.1, 0.15) is 19.3 Å². The van der Waals surface area contributed by atoms with Gasteiger partial charge in [-0.05, 0) is 6.42 Å². The number of amides is 3. The first kappa shape index (κ1) is 8.51. The van der Waals surface area contributed by atoms with Gasteiger partial charge in [-0.1, -0.05) is 0 Å². The van der Waals surface area contributed by atoms with Gasteiger partial charge < -0.3 is 11.1 Å². The topological polar surface area (TPSA) is 96.6 Å². The molecular weight excluding hydrogens is 160 g/mol. The summed E-state index contributed by atoms with van der Waals surface area (Å²) in [6.45, 7) is 0. The summed E-state index contributed by atoms with van der Waals surface area (Å²) in [6.07, 6.45) is 1.92. The minimum Gasteiger partial charge on any atom is -0.350 e. The number of rotatable bonds is 1. The number of carbonyl (C=O) groups is 2. The van der Waals surface area contributed by atoms with E-state index >= 15 is 0 Å². The molecular formula is C6H10N4O2. The van der Waals surface area contributed by atoms with E-state index < -0.39 is 6.03 Å². The molecule has 0 bridgehead atoms. The van der Waals surface area contributed by atoms with E-state index in [-0.39, 0.29) is 5.91 Å². The van der Waals surface area contributed by atoms with Crippen LogP contribution in [0, 0.1) is 0 Å². The largest absolute Gasteiger partial charge is 0.350 e. The average Bonchev–Trinajstić information content (AvgIpc) is 2.01. The van der Waals surface area contributed by atoms with Crippen LogP contribution in [0.25, 0.3) is 0 Å². The number of nitrogens with two attached hydrogens (primary N) is 1. The van der Waals surface area contributed by atoms with Gasteiger partial charge in [0.1, 0.15) is 5.84 Å². The Kier molecular flexibility index (Phi) is 2.62. The molecule has 6 heteroatoms. The lowest BCUT2D eigenvalue weighted by atomic mass is 10.1. The highest BCUT2D eigenvalue weighted by Crippen LogP contribution is 2.02. The van der Waals surface area contributed by atoms with Crippen LogP contribution >= 0.6 is 0 Å². The van der Waals surface area contributed by atoms with Crippen LogP contribution in [0.3, 0.4) is 0 Å². The quantitative estimate of drug-likeness (QED) is 0.452. The van der Waals surface area contributed by atoms with Crippen molar-refractivity contribution in [2.24, 2.45) is 10.8 Å². The third-order valence-electron chi connectivity index (χ3n) is 1.40. The standard InChI is InChI=1S/C6H10N4O2/c7-6(12)10-9-4-2-1-3-5(11)8-4/h1-3H2,(H3,7,10,12)(H,8,9,11). The first-order chi connectivity index (χ1) is 5.68. The maximum Gasteiger partial charge on any atom is 0.332 e. The van der Waals surface area contributed by atoms with E-state index in [4.69, 9.17) is 5.73 Å². The van der Waals surface area contributed by atoms with Gasteiger partial charge in [0.05, 0.1) is 0 Å². The zero-order chi connectivity index (χ0) is 8.97. The van der Waals surface area contributed by atoms with E-state index in [2.05, 4.69) is 10.4 Å². The number of carbonyl (C=O) groups excluding carboxylic acids is 2. The minimum atomic E-state index is -0.734. The van der Waals surface area contributed by atoms with Crippen molar-refractivity contribution in [3.8, 4) is 0 Å². The van der Waals surface area contributed by atoms with Crippen LogP contribution in [-0.2, 0) is 4.79 Å². The van der Waals surface area contributed by atoms with E-state index in [9.17, 15) is 9.59 Å². The third-order valence-corrected chi connectivity index (χ3v) is 1.40. The number of hydrazone groups is 1. The number of amidine groups is 1. The van der Waals surface area contributed by atoms with E-state index in [1.807, 2.05) is 5.43 Å². The molecule has 0 spiro atoms. The molecule has 0 saturated carbocycles. The van der Waals surface area contributed by atoms with Gasteiger partial charge in [0.15, 0.2) is 0 Å². The summed E-state index contributed by atoms with van der Waals surface area (Å²) >= 11 is 0. The summed E-state index contributed by atoms with van der Waals surface area (Å²) in [4.78, 5) is 21.0. The molecule has 66 valence electrons. The smallest absolute Gasteiger partial charge is 0.332 e. The molecule has 0 aromatic heterocycles. The third kappa shape index (κ3) is 2.57. The van der Waals surface area contributed by atoms with Crippen molar-refractivity contribution in [1.82, 2.24) is 10.7 Å². The lowest BCUT2D eigenvalue weighted by Gasteiger charge is -2.12. The van der Waals surface area contributed by atoms with Gasteiger partial charge in [0.2, 0.25) is 5.91 Å². The Hall–Kier alpha value is -1.59. The summed E-state index contributed by atoms with van der Waals surface area (Å²) in [5.74, 6) is 0.385. The first-order valence-electron chi connectivity index (χ1n) is 3.60. The summed E-state index contributed by atoms with van der Waals surface area (Å²) in [6, 6.07) is -0.734. The Morgan fingerprint density at radius 2 is 2.33 bits per heavy atom. The summed E-state index contributed by atoms with van der Waals surface area (Å²) < 4.78 is 0. The molecule has 1 saturated heterocycles. The number of nitrogens with one attached hydrogen (secondary N) is 2. The number of nitrogens with zero attached hydrogens (tertiary/aromatic N) is 1. The second-order valence-corrected chi connectivity index (χ2v) is 2.44. The van der Waals surface area contributed by atoms with Gasteiger partial charge in [-0.25, -0.2) is 10.2 Å². The van der Waals surface area contributed by atoms with E-state index in [0.717, 1.165) is 6.42 Å². The Balaban J connectivity index is 2.45. The fourth-order valence-corrected chi connectivity index (χ4v) is 0.909. The SMILES string of the molecule is NC(=O)NN=C1CCCC(=O)N1. The van der Waals surface area contributed by atoms with Gasteiger partial charge in [0, 0.05) is 12.8 Å². The monoisotopic (exact) mass is 170 g/mol. The maximum absolute atomic E-state index is 10.8. The van der Waals surface area contributed by atoms with Gasteiger partial charge in [-0.3, -0.25) is 4.79 Å². The zero-order valence-electron chi connectivity index (χ0n) is 6.46. The Bertz CT molecular complexity index is 236. The maximum atomic E-state index is 10.8. The Morgan fingerprint density at radius 3 is 2.92 bits per heavy atom. The van der Waals surface area contributed by atoms with E-state index in [0.29, 0.717) is 18.7 Å². The van der Waals surface area contributed by atoms with Crippen molar-refractivity contribution < 1.29 is 9.59 Å². The van der Waals surface area contributed by atoms with Crippen molar-refractivity contribution in [1.29, 1.82) is 0 Å². The normalized spacial score (nSPS) is 20.3. The number of hydrogen-bond acceptors (Lipinski definition) is 3. The molecule has 1 fully saturated rings. The van der Waals surface area contributed by atoms with Crippen molar-refractivity contribution in [2.45, 2.75) is 19.3 Å². The molecule has 1 heterocycles. The van der Waals surface area contributed by atoms with E-state index in [1.54, 1.807) is 0 Å². The Morgan fingerprint density at radius 1 is 1.58 bits per heavy atom.